The van der Waals surface area contributed by atoms with Crippen molar-refractivity contribution in [2.45, 2.75) is 45.6 Å². The molecule has 0 heterocycles. The number of aliphatic hydroxyl groups excluding tert-OH is 2. The lowest BCUT2D eigenvalue weighted by atomic mass is 9.61. The van der Waals surface area contributed by atoms with Gasteiger partial charge in [-0.2, -0.15) is 0 Å². The van der Waals surface area contributed by atoms with E-state index in [9.17, 15) is 34.5 Å². The number of allylic oxidation sites excluding steroid dienone is 2. The maximum absolute atomic E-state index is 13.6. The van der Waals surface area contributed by atoms with Gasteiger partial charge in [0.1, 0.15) is 22.8 Å². The van der Waals surface area contributed by atoms with Crippen molar-refractivity contribution in [3.05, 3.63) is 34.1 Å². The Morgan fingerprint density at radius 3 is 2.37 bits per heavy atom. The highest BCUT2D eigenvalue weighted by Gasteiger charge is 2.51. The van der Waals surface area contributed by atoms with Crippen LogP contribution in [-0.2, 0) is 25.6 Å². The summed E-state index contributed by atoms with van der Waals surface area (Å²) in [4.78, 5) is 52.3. The van der Waals surface area contributed by atoms with Gasteiger partial charge in [0, 0.05) is 37.3 Å². The highest BCUT2D eigenvalue weighted by molar-refractivity contribution is 6.21. The van der Waals surface area contributed by atoms with Crippen molar-refractivity contribution in [2.75, 3.05) is 30.9 Å². The van der Waals surface area contributed by atoms with E-state index in [1.165, 1.54) is 0 Å². The molecule has 0 saturated heterocycles. The van der Waals surface area contributed by atoms with Crippen LogP contribution in [-0.4, -0.2) is 64.9 Å². The Hall–Kier alpha value is -3.86. The number of anilines is 2. The Morgan fingerprint density at radius 1 is 1.13 bits per heavy atom. The molecule has 38 heavy (non-hydrogen) atoms. The van der Waals surface area contributed by atoms with E-state index in [0.29, 0.717) is 17.7 Å². The zero-order valence-corrected chi connectivity index (χ0v) is 22.1. The highest BCUT2D eigenvalue weighted by Crippen LogP contribution is 2.52. The predicted molar refractivity (Wildman–Crippen MR) is 141 cm³/mol. The molecular formula is C27H34N4O7. The molecule has 3 aliphatic carbocycles. The third kappa shape index (κ3) is 4.62. The van der Waals surface area contributed by atoms with Crippen LogP contribution in [0.2, 0.25) is 0 Å². The summed E-state index contributed by atoms with van der Waals surface area (Å²) in [5, 5.41) is 39.0. The summed E-state index contributed by atoms with van der Waals surface area (Å²) in [6.45, 7) is 5.72. The minimum atomic E-state index is -1.19. The van der Waals surface area contributed by atoms with Crippen LogP contribution >= 0.6 is 0 Å². The zero-order chi connectivity index (χ0) is 28.3. The average molecular weight is 527 g/mol. The molecule has 7 N–H and O–H groups in total. The van der Waals surface area contributed by atoms with Crippen molar-refractivity contribution in [3.63, 3.8) is 0 Å². The number of phenols is 1. The number of ketones is 2. The Balaban J connectivity index is 1.80. The summed E-state index contributed by atoms with van der Waals surface area (Å²) in [7, 11) is 3.57. The fourth-order valence-electron chi connectivity index (χ4n) is 5.72. The number of benzene rings is 1. The van der Waals surface area contributed by atoms with Crippen LogP contribution in [0.25, 0.3) is 5.76 Å². The van der Waals surface area contributed by atoms with Gasteiger partial charge >= 0.3 is 0 Å². The van der Waals surface area contributed by atoms with Crippen LogP contribution < -0.4 is 21.3 Å². The standard InChI is InChI=1S/C27H34N4O7/c1-27(2,3)29-10-17(33)30-14-9-15(31(4)5)13-7-11-6-12-8-16(32)21(26(28)38)25(37)19(12)23(35)18(11)24(36)20(13)22(14)34/h9,11-12,19,29,34,36-37H,6-8,10H2,1-5H3,(H2,28,38)(H,30,33). The second-order valence-electron chi connectivity index (χ2n) is 11.4. The first kappa shape index (κ1) is 27.2. The molecule has 2 amide bonds. The number of rotatable bonds is 5. The number of hydrogen-bond donors (Lipinski definition) is 6. The number of nitrogens with zero attached hydrogens (tertiary/aromatic N) is 1. The van der Waals surface area contributed by atoms with Crippen LogP contribution in [0.1, 0.15) is 44.7 Å². The van der Waals surface area contributed by atoms with Gasteiger partial charge in [0.25, 0.3) is 5.91 Å². The molecule has 1 aromatic rings. The van der Waals surface area contributed by atoms with E-state index in [4.69, 9.17) is 5.73 Å². The van der Waals surface area contributed by atoms with E-state index in [1.54, 1.807) is 25.1 Å². The largest absolute Gasteiger partial charge is 0.511 e. The molecule has 11 nitrogen and oxygen atoms in total. The number of amides is 2. The second-order valence-corrected chi connectivity index (χ2v) is 11.4. The van der Waals surface area contributed by atoms with Crippen LogP contribution in [0.3, 0.4) is 0 Å². The number of aromatic hydroxyl groups is 1. The molecule has 1 aromatic carbocycles. The van der Waals surface area contributed by atoms with Crippen LogP contribution in [0, 0.1) is 17.8 Å². The number of primary amides is 1. The average Bonchev–Trinajstić information content (AvgIpc) is 2.77. The number of carbonyl (C=O) groups is 4. The smallest absolute Gasteiger partial charge is 0.255 e. The van der Waals surface area contributed by atoms with Crippen molar-refractivity contribution in [1.29, 1.82) is 0 Å². The first-order valence-electron chi connectivity index (χ1n) is 12.5. The van der Waals surface area contributed by atoms with Gasteiger partial charge in [-0.3, -0.25) is 19.2 Å². The summed E-state index contributed by atoms with van der Waals surface area (Å²) < 4.78 is 0. The Morgan fingerprint density at radius 2 is 1.79 bits per heavy atom. The Labute approximate surface area is 220 Å². The molecule has 4 rings (SSSR count). The van der Waals surface area contributed by atoms with Gasteiger partial charge in [0.15, 0.2) is 11.6 Å². The highest BCUT2D eigenvalue weighted by atomic mass is 16.3. The number of carbonyl (C=O) groups excluding carboxylic acids is 4. The number of phenolic OH excluding ortho intramolecular Hbond substituents is 1. The quantitative estimate of drug-likeness (QED) is 0.246. The SMILES string of the molecule is CN(C)c1cc(NC(=O)CNC(C)(C)C)c(O)c2c1CC1CC3CC(=O)C(C(N)=O)=C(O)C3C(=O)C1=C2O. The zero-order valence-electron chi connectivity index (χ0n) is 22.1. The summed E-state index contributed by atoms with van der Waals surface area (Å²) >= 11 is 0. The Kier molecular flexibility index (Phi) is 6.77. The number of Topliss-reactive ketones (excluding diaryl/α,β-unsaturated/α-hetero) is 2. The molecule has 3 atom stereocenters. The lowest BCUT2D eigenvalue weighted by Crippen LogP contribution is -2.44. The first-order valence-corrected chi connectivity index (χ1v) is 12.5. The van der Waals surface area contributed by atoms with Crippen molar-refractivity contribution < 1.29 is 34.5 Å². The molecule has 0 aliphatic heterocycles. The number of aliphatic hydroxyl groups is 2. The lowest BCUT2D eigenvalue weighted by Gasteiger charge is -2.41. The van der Waals surface area contributed by atoms with E-state index in [0.717, 1.165) is 0 Å². The molecule has 204 valence electrons. The normalized spacial score (nSPS) is 23.0. The minimum absolute atomic E-state index is 0.0133. The predicted octanol–water partition coefficient (Wildman–Crippen LogP) is 1.70. The molecule has 0 radical (unpaired) electrons. The molecule has 0 spiro atoms. The van der Waals surface area contributed by atoms with Crippen LogP contribution in [0.4, 0.5) is 11.4 Å². The second kappa shape index (κ2) is 9.46. The molecule has 3 aliphatic rings. The van der Waals surface area contributed by atoms with Crippen molar-refractivity contribution in [3.8, 4) is 5.75 Å². The van der Waals surface area contributed by atoms with E-state index in [1.807, 2.05) is 20.8 Å². The fourth-order valence-corrected chi connectivity index (χ4v) is 5.72. The first-order chi connectivity index (χ1) is 17.6. The summed E-state index contributed by atoms with van der Waals surface area (Å²) in [5.41, 5.74) is 5.73. The maximum atomic E-state index is 13.6. The van der Waals surface area contributed by atoms with Crippen LogP contribution in [0.15, 0.2) is 23.0 Å². The fraction of sp³-hybridized carbons (Fsp3) is 0.481. The van der Waals surface area contributed by atoms with Gasteiger partial charge in [0.05, 0.1) is 23.7 Å². The number of fused-ring (bicyclic) bond motifs is 3. The number of nitrogens with two attached hydrogens (primary N) is 1. The molecule has 3 unspecified atom stereocenters. The Bertz CT molecular complexity index is 1320. The van der Waals surface area contributed by atoms with Crippen LogP contribution in [0.5, 0.6) is 5.75 Å². The molecule has 0 aromatic heterocycles. The molecule has 11 heteroatoms. The third-order valence-electron chi connectivity index (χ3n) is 7.40. The van der Waals surface area contributed by atoms with Gasteiger partial charge in [-0.05, 0) is 57.1 Å². The summed E-state index contributed by atoms with van der Waals surface area (Å²) in [6.07, 6.45) is 0.475. The maximum Gasteiger partial charge on any atom is 0.255 e. The van der Waals surface area contributed by atoms with Gasteiger partial charge in [-0.25, -0.2) is 0 Å². The van der Waals surface area contributed by atoms with E-state index >= 15 is 0 Å². The van der Waals surface area contributed by atoms with Crippen molar-refractivity contribution in [1.82, 2.24) is 5.32 Å². The van der Waals surface area contributed by atoms with Gasteiger partial charge < -0.3 is 36.6 Å². The minimum Gasteiger partial charge on any atom is -0.511 e. The molecular weight excluding hydrogens is 492 g/mol. The van der Waals surface area contributed by atoms with E-state index in [2.05, 4.69) is 10.6 Å². The van der Waals surface area contributed by atoms with Crippen molar-refractivity contribution in [2.24, 2.45) is 23.5 Å². The van der Waals surface area contributed by atoms with E-state index < -0.39 is 58.2 Å². The number of nitrogens with one attached hydrogen (secondary N) is 2. The van der Waals surface area contributed by atoms with Gasteiger partial charge in [-0.1, -0.05) is 0 Å². The third-order valence-corrected chi connectivity index (χ3v) is 7.40. The lowest BCUT2D eigenvalue weighted by molar-refractivity contribution is -0.127. The monoisotopic (exact) mass is 526 g/mol. The van der Waals surface area contributed by atoms with Gasteiger partial charge in [0.2, 0.25) is 5.91 Å². The van der Waals surface area contributed by atoms with Gasteiger partial charge in [-0.15, -0.1) is 0 Å². The topological polar surface area (TPSA) is 182 Å². The summed E-state index contributed by atoms with van der Waals surface area (Å²) in [5.74, 6) is -6.45. The molecule has 1 fully saturated rings. The van der Waals surface area contributed by atoms with E-state index in [-0.39, 0.29) is 47.5 Å². The van der Waals surface area contributed by atoms with Crippen molar-refractivity contribution >= 4 is 40.5 Å². The summed E-state index contributed by atoms with van der Waals surface area (Å²) in [6, 6.07) is 1.62. The molecule has 0 bridgehead atoms. The number of hydrogen-bond acceptors (Lipinski definition) is 9. The molecule has 1 saturated carbocycles.